The first-order chi connectivity index (χ1) is 9.70. The predicted octanol–water partition coefficient (Wildman–Crippen LogP) is 1.36. The summed E-state index contributed by atoms with van der Waals surface area (Å²) in [6.07, 6.45) is 4.10. The van der Waals surface area contributed by atoms with Gasteiger partial charge < -0.3 is 15.1 Å². The van der Waals surface area contributed by atoms with Crippen molar-refractivity contribution >= 4 is 5.91 Å². The van der Waals surface area contributed by atoms with E-state index >= 15 is 0 Å². The fourth-order valence-electron chi connectivity index (χ4n) is 2.69. The van der Waals surface area contributed by atoms with Crippen LogP contribution in [0.2, 0.25) is 0 Å². The number of likely N-dealkylation sites (tertiary alicyclic amines) is 1. The van der Waals surface area contributed by atoms with Crippen molar-refractivity contribution in [3.05, 3.63) is 24.2 Å². The van der Waals surface area contributed by atoms with Crippen molar-refractivity contribution in [2.75, 3.05) is 19.6 Å². The van der Waals surface area contributed by atoms with Gasteiger partial charge in [0.05, 0.1) is 18.8 Å². The molecule has 2 rings (SSSR count). The number of carbonyl (C=O) groups is 1. The van der Waals surface area contributed by atoms with E-state index in [0.29, 0.717) is 12.6 Å². The Bertz CT molecular complexity index is 405. The van der Waals surface area contributed by atoms with E-state index in [4.69, 9.17) is 4.42 Å². The molecule has 1 aromatic rings. The quantitative estimate of drug-likeness (QED) is 0.791. The van der Waals surface area contributed by atoms with Crippen molar-refractivity contribution in [2.45, 2.75) is 45.3 Å². The number of hydrogen-bond acceptors (Lipinski definition) is 4. The van der Waals surface area contributed by atoms with E-state index in [1.807, 2.05) is 19.1 Å². The van der Waals surface area contributed by atoms with Gasteiger partial charge in [-0.05, 0) is 45.0 Å². The molecule has 0 radical (unpaired) electrons. The maximum absolute atomic E-state index is 12.0. The third-order valence-corrected chi connectivity index (χ3v) is 3.98. The van der Waals surface area contributed by atoms with Crippen LogP contribution in [-0.4, -0.2) is 42.5 Å². The molecule has 0 aliphatic carbocycles. The van der Waals surface area contributed by atoms with E-state index in [9.17, 15) is 4.79 Å². The second-order valence-electron chi connectivity index (χ2n) is 5.35. The van der Waals surface area contributed by atoms with Crippen molar-refractivity contribution in [1.29, 1.82) is 0 Å². The van der Waals surface area contributed by atoms with Crippen molar-refractivity contribution in [3.63, 3.8) is 0 Å². The summed E-state index contributed by atoms with van der Waals surface area (Å²) in [6.45, 7) is 7.69. The zero-order valence-electron chi connectivity index (χ0n) is 12.4. The molecule has 1 aromatic heterocycles. The molecular formula is C15H25N3O2. The van der Waals surface area contributed by atoms with Crippen LogP contribution in [0.5, 0.6) is 0 Å². The van der Waals surface area contributed by atoms with E-state index < -0.39 is 0 Å². The SMILES string of the molecule is CCN1CCCC1CNC(C)C(=O)NCc1ccco1. The van der Waals surface area contributed by atoms with E-state index in [1.54, 1.807) is 6.26 Å². The summed E-state index contributed by atoms with van der Waals surface area (Å²) in [4.78, 5) is 14.4. The van der Waals surface area contributed by atoms with Crippen LogP contribution in [0, 0.1) is 0 Å². The molecular weight excluding hydrogens is 254 g/mol. The highest BCUT2D eigenvalue weighted by molar-refractivity contribution is 5.81. The average molecular weight is 279 g/mol. The maximum atomic E-state index is 12.0. The topological polar surface area (TPSA) is 57.5 Å². The molecule has 112 valence electrons. The van der Waals surface area contributed by atoms with Crippen LogP contribution in [0.15, 0.2) is 22.8 Å². The number of furan rings is 1. The van der Waals surface area contributed by atoms with Gasteiger partial charge in [-0.2, -0.15) is 0 Å². The van der Waals surface area contributed by atoms with Gasteiger partial charge in [-0.25, -0.2) is 0 Å². The number of likely N-dealkylation sites (N-methyl/N-ethyl adjacent to an activating group) is 1. The van der Waals surface area contributed by atoms with Gasteiger partial charge in [0, 0.05) is 12.6 Å². The standard InChI is InChI=1S/C15H25N3O2/c1-3-18-8-4-6-13(18)10-16-12(2)15(19)17-11-14-7-5-9-20-14/h5,7,9,12-13,16H,3-4,6,8,10-11H2,1-2H3,(H,17,19). The summed E-state index contributed by atoms with van der Waals surface area (Å²) >= 11 is 0. The van der Waals surface area contributed by atoms with E-state index in [2.05, 4.69) is 22.5 Å². The van der Waals surface area contributed by atoms with E-state index in [1.165, 1.54) is 19.4 Å². The third-order valence-electron chi connectivity index (χ3n) is 3.98. The molecule has 1 fully saturated rings. The minimum absolute atomic E-state index is 0.0162. The van der Waals surface area contributed by atoms with Crippen LogP contribution >= 0.6 is 0 Å². The molecule has 2 atom stereocenters. The summed E-state index contributed by atoms with van der Waals surface area (Å²) < 4.78 is 5.19. The lowest BCUT2D eigenvalue weighted by molar-refractivity contribution is -0.123. The lowest BCUT2D eigenvalue weighted by atomic mass is 10.2. The molecule has 2 heterocycles. The number of carbonyl (C=O) groups excluding carboxylic acids is 1. The summed E-state index contributed by atoms with van der Waals surface area (Å²) in [6, 6.07) is 4.07. The fourth-order valence-corrected chi connectivity index (χ4v) is 2.69. The third kappa shape index (κ3) is 4.08. The monoisotopic (exact) mass is 279 g/mol. The molecule has 1 aliphatic heterocycles. The van der Waals surface area contributed by atoms with Crippen molar-refractivity contribution in [3.8, 4) is 0 Å². The lowest BCUT2D eigenvalue weighted by Gasteiger charge is -2.24. The molecule has 20 heavy (non-hydrogen) atoms. The van der Waals surface area contributed by atoms with Gasteiger partial charge >= 0.3 is 0 Å². The van der Waals surface area contributed by atoms with E-state index in [0.717, 1.165) is 18.8 Å². The zero-order chi connectivity index (χ0) is 14.4. The molecule has 0 spiro atoms. The fraction of sp³-hybridized carbons (Fsp3) is 0.667. The first-order valence-electron chi connectivity index (χ1n) is 7.48. The minimum atomic E-state index is -0.177. The first-order valence-corrected chi connectivity index (χ1v) is 7.48. The van der Waals surface area contributed by atoms with Crippen molar-refractivity contribution in [1.82, 2.24) is 15.5 Å². The Morgan fingerprint density at radius 3 is 3.15 bits per heavy atom. The molecule has 0 saturated carbocycles. The molecule has 0 bridgehead atoms. The smallest absolute Gasteiger partial charge is 0.237 e. The summed E-state index contributed by atoms with van der Waals surface area (Å²) in [7, 11) is 0. The van der Waals surface area contributed by atoms with Gasteiger partial charge in [0.1, 0.15) is 5.76 Å². The second kappa shape index (κ2) is 7.45. The Labute approximate surface area is 120 Å². The number of nitrogens with one attached hydrogen (secondary N) is 2. The predicted molar refractivity (Wildman–Crippen MR) is 78.3 cm³/mol. The van der Waals surface area contributed by atoms with Gasteiger partial charge in [-0.3, -0.25) is 9.69 Å². The number of rotatable bonds is 7. The molecule has 5 nitrogen and oxygen atoms in total. The Morgan fingerprint density at radius 2 is 2.45 bits per heavy atom. The van der Waals surface area contributed by atoms with Gasteiger partial charge in [-0.1, -0.05) is 6.92 Å². The highest BCUT2D eigenvalue weighted by Crippen LogP contribution is 2.15. The average Bonchev–Trinajstić information content (AvgIpc) is 3.12. The van der Waals surface area contributed by atoms with Gasteiger partial charge in [0.25, 0.3) is 0 Å². The number of amides is 1. The van der Waals surface area contributed by atoms with Crippen LogP contribution in [0.1, 0.15) is 32.4 Å². The summed E-state index contributed by atoms with van der Waals surface area (Å²) in [5.74, 6) is 0.793. The highest BCUT2D eigenvalue weighted by Gasteiger charge is 2.23. The van der Waals surface area contributed by atoms with Crippen molar-refractivity contribution < 1.29 is 9.21 Å². The molecule has 1 aliphatic rings. The van der Waals surface area contributed by atoms with E-state index in [-0.39, 0.29) is 11.9 Å². The second-order valence-corrected chi connectivity index (χ2v) is 5.35. The molecule has 5 heteroatoms. The van der Waals surface area contributed by atoms with Gasteiger partial charge in [0.2, 0.25) is 5.91 Å². The van der Waals surface area contributed by atoms with Crippen LogP contribution in [0.4, 0.5) is 0 Å². The van der Waals surface area contributed by atoms with Gasteiger partial charge in [0.15, 0.2) is 0 Å². The van der Waals surface area contributed by atoms with Crippen LogP contribution in [0.3, 0.4) is 0 Å². The normalized spacial score (nSPS) is 21.0. The minimum Gasteiger partial charge on any atom is -0.467 e. The molecule has 2 unspecified atom stereocenters. The highest BCUT2D eigenvalue weighted by atomic mass is 16.3. The number of hydrogen-bond donors (Lipinski definition) is 2. The molecule has 0 aromatic carbocycles. The number of nitrogens with zero attached hydrogens (tertiary/aromatic N) is 1. The zero-order valence-corrected chi connectivity index (χ0v) is 12.4. The largest absolute Gasteiger partial charge is 0.467 e. The molecule has 1 saturated heterocycles. The van der Waals surface area contributed by atoms with Gasteiger partial charge in [-0.15, -0.1) is 0 Å². The Hall–Kier alpha value is -1.33. The lowest BCUT2D eigenvalue weighted by Crippen LogP contribution is -2.47. The molecule has 2 N–H and O–H groups in total. The summed E-state index contributed by atoms with van der Waals surface area (Å²) in [5, 5.41) is 6.21. The Kier molecular flexibility index (Phi) is 5.61. The van der Waals surface area contributed by atoms with Crippen molar-refractivity contribution in [2.24, 2.45) is 0 Å². The Balaban J connectivity index is 1.68. The first kappa shape index (κ1) is 15.1. The van der Waals surface area contributed by atoms with Crippen LogP contribution < -0.4 is 10.6 Å². The Morgan fingerprint density at radius 1 is 1.60 bits per heavy atom. The van der Waals surface area contributed by atoms with Crippen LogP contribution in [-0.2, 0) is 11.3 Å². The van der Waals surface area contributed by atoms with Crippen LogP contribution in [0.25, 0.3) is 0 Å². The summed E-state index contributed by atoms with van der Waals surface area (Å²) in [5.41, 5.74) is 0. The maximum Gasteiger partial charge on any atom is 0.237 e. The molecule has 1 amide bonds.